The summed E-state index contributed by atoms with van der Waals surface area (Å²) < 4.78 is 5.85. The van der Waals surface area contributed by atoms with Crippen LogP contribution in [0.4, 0.5) is 0 Å². The topological polar surface area (TPSA) is 12.5 Å². The molecule has 0 aliphatic carbocycles. The highest BCUT2D eigenvalue weighted by Crippen LogP contribution is 2.09. The lowest BCUT2D eigenvalue weighted by atomic mass is 10.1. The van der Waals surface area contributed by atoms with Gasteiger partial charge in [-0.15, -0.1) is 0 Å². The molecular weight excluding hydrogens is 174 g/mol. The summed E-state index contributed by atoms with van der Waals surface area (Å²) in [6.45, 7) is 15.3. The fourth-order valence-corrected chi connectivity index (χ4v) is 1.46. The van der Waals surface area contributed by atoms with E-state index < -0.39 is 0 Å². The highest BCUT2D eigenvalue weighted by molar-refractivity contribution is 4.67. The molecule has 0 N–H and O–H groups in total. The Morgan fingerprint density at radius 3 is 2.00 bits per heavy atom. The minimum Gasteiger partial charge on any atom is -0.377 e. The Morgan fingerprint density at radius 2 is 1.64 bits per heavy atom. The molecule has 0 aliphatic heterocycles. The first kappa shape index (κ1) is 13.9. The fourth-order valence-electron chi connectivity index (χ4n) is 1.46. The van der Waals surface area contributed by atoms with Crippen LogP contribution in [0.25, 0.3) is 0 Å². The second kappa shape index (κ2) is 8.25. The summed E-state index contributed by atoms with van der Waals surface area (Å²) in [5.74, 6) is 0.613. The van der Waals surface area contributed by atoms with E-state index in [1.54, 1.807) is 0 Å². The summed E-state index contributed by atoms with van der Waals surface area (Å²) >= 11 is 0. The van der Waals surface area contributed by atoms with Gasteiger partial charge in [-0.3, -0.25) is 0 Å². The number of hydrogen-bond acceptors (Lipinski definition) is 2. The average Bonchev–Trinajstić information content (AvgIpc) is 2.18. The third-order valence-corrected chi connectivity index (χ3v) is 2.61. The van der Waals surface area contributed by atoms with Crippen LogP contribution >= 0.6 is 0 Å². The van der Waals surface area contributed by atoms with Gasteiger partial charge in [0.05, 0.1) is 6.10 Å². The lowest BCUT2D eigenvalue weighted by Crippen LogP contribution is -2.36. The van der Waals surface area contributed by atoms with Gasteiger partial charge >= 0.3 is 0 Å². The fraction of sp³-hybridized carbons (Fsp3) is 1.00. The summed E-state index contributed by atoms with van der Waals surface area (Å²) in [6.07, 6.45) is 1.51. The Kier molecular flexibility index (Phi) is 8.20. The summed E-state index contributed by atoms with van der Waals surface area (Å²) in [5, 5.41) is 0. The maximum atomic E-state index is 5.85. The maximum Gasteiger partial charge on any atom is 0.0724 e. The third-order valence-electron chi connectivity index (χ3n) is 2.61. The van der Waals surface area contributed by atoms with Crippen molar-refractivity contribution >= 4 is 0 Å². The Balaban J connectivity index is 3.93. The van der Waals surface area contributed by atoms with E-state index in [0.717, 1.165) is 32.7 Å². The van der Waals surface area contributed by atoms with Gasteiger partial charge in [0, 0.05) is 13.2 Å². The largest absolute Gasteiger partial charge is 0.377 e. The maximum absolute atomic E-state index is 5.85. The van der Waals surface area contributed by atoms with Crippen molar-refractivity contribution in [3.63, 3.8) is 0 Å². The summed E-state index contributed by atoms with van der Waals surface area (Å²) in [7, 11) is 0. The van der Waals surface area contributed by atoms with Crippen molar-refractivity contribution in [1.82, 2.24) is 4.90 Å². The summed E-state index contributed by atoms with van der Waals surface area (Å²) in [6, 6.07) is 0. The minimum absolute atomic E-state index is 0.398. The first-order chi connectivity index (χ1) is 6.65. The Labute approximate surface area is 89.6 Å². The molecule has 86 valence electrons. The van der Waals surface area contributed by atoms with Crippen molar-refractivity contribution < 1.29 is 4.74 Å². The van der Waals surface area contributed by atoms with Crippen LogP contribution < -0.4 is 0 Å². The predicted octanol–water partition coefficient (Wildman–Crippen LogP) is 2.78. The first-order valence-electron chi connectivity index (χ1n) is 5.99. The van der Waals surface area contributed by atoms with E-state index in [1.165, 1.54) is 0 Å². The van der Waals surface area contributed by atoms with Crippen molar-refractivity contribution in [3.05, 3.63) is 0 Å². The molecule has 2 nitrogen and oxygen atoms in total. The molecule has 0 amide bonds. The molecule has 0 aromatic carbocycles. The van der Waals surface area contributed by atoms with Gasteiger partial charge in [0.1, 0.15) is 0 Å². The van der Waals surface area contributed by atoms with Crippen molar-refractivity contribution in [2.45, 2.75) is 47.1 Å². The van der Waals surface area contributed by atoms with Gasteiger partial charge in [-0.2, -0.15) is 0 Å². The molecule has 0 radical (unpaired) electrons. The molecule has 2 heteroatoms. The van der Waals surface area contributed by atoms with E-state index >= 15 is 0 Å². The van der Waals surface area contributed by atoms with Crippen molar-refractivity contribution in [2.24, 2.45) is 5.92 Å². The molecule has 0 saturated carbocycles. The molecule has 1 unspecified atom stereocenters. The molecule has 14 heavy (non-hydrogen) atoms. The molecule has 0 rings (SSSR count). The van der Waals surface area contributed by atoms with E-state index in [0.29, 0.717) is 12.0 Å². The van der Waals surface area contributed by atoms with Gasteiger partial charge in [-0.25, -0.2) is 0 Å². The van der Waals surface area contributed by atoms with Crippen LogP contribution in [0.5, 0.6) is 0 Å². The molecular formula is C12H27NO. The predicted molar refractivity (Wildman–Crippen MR) is 62.7 cm³/mol. The zero-order chi connectivity index (χ0) is 11.0. The van der Waals surface area contributed by atoms with E-state index in [9.17, 15) is 0 Å². The number of ether oxygens (including phenoxy) is 1. The highest BCUT2D eigenvalue weighted by atomic mass is 16.5. The molecule has 0 aliphatic rings. The second-order valence-electron chi connectivity index (χ2n) is 4.14. The summed E-state index contributed by atoms with van der Waals surface area (Å²) in [5.41, 5.74) is 0. The van der Waals surface area contributed by atoms with Crippen LogP contribution in [0, 0.1) is 5.92 Å². The Hall–Kier alpha value is -0.0800. The molecule has 0 fully saturated rings. The molecule has 0 saturated heterocycles. The number of nitrogens with zero attached hydrogens (tertiary/aromatic N) is 1. The molecule has 0 bridgehead atoms. The SMILES string of the molecule is CCCOC(CN(CC)CC)C(C)C. The molecule has 0 heterocycles. The second-order valence-corrected chi connectivity index (χ2v) is 4.14. The number of hydrogen-bond donors (Lipinski definition) is 0. The van der Waals surface area contributed by atoms with Crippen molar-refractivity contribution in [3.8, 4) is 0 Å². The number of rotatable bonds is 8. The van der Waals surface area contributed by atoms with Gasteiger partial charge in [0.25, 0.3) is 0 Å². The highest BCUT2D eigenvalue weighted by Gasteiger charge is 2.16. The monoisotopic (exact) mass is 201 g/mol. The van der Waals surface area contributed by atoms with Gasteiger partial charge < -0.3 is 9.64 Å². The van der Waals surface area contributed by atoms with E-state index in [2.05, 4.69) is 39.5 Å². The molecule has 0 aromatic rings. The summed E-state index contributed by atoms with van der Waals surface area (Å²) in [4.78, 5) is 2.43. The molecule has 0 aromatic heterocycles. The Bertz CT molecular complexity index is 121. The van der Waals surface area contributed by atoms with Gasteiger partial charge in [-0.05, 0) is 25.4 Å². The quantitative estimate of drug-likeness (QED) is 0.599. The van der Waals surface area contributed by atoms with E-state index in [4.69, 9.17) is 4.74 Å². The van der Waals surface area contributed by atoms with E-state index in [1.807, 2.05) is 0 Å². The molecule has 0 spiro atoms. The smallest absolute Gasteiger partial charge is 0.0724 e. The van der Waals surface area contributed by atoms with Gasteiger partial charge in [0.2, 0.25) is 0 Å². The van der Waals surface area contributed by atoms with Crippen LogP contribution in [0.3, 0.4) is 0 Å². The number of likely N-dealkylation sites (N-methyl/N-ethyl adjacent to an activating group) is 1. The van der Waals surface area contributed by atoms with Gasteiger partial charge in [-0.1, -0.05) is 34.6 Å². The third kappa shape index (κ3) is 5.61. The lowest BCUT2D eigenvalue weighted by Gasteiger charge is -2.28. The van der Waals surface area contributed by atoms with Crippen LogP contribution in [0.1, 0.15) is 41.0 Å². The van der Waals surface area contributed by atoms with Gasteiger partial charge in [0.15, 0.2) is 0 Å². The van der Waals surface area contributed by atoms with Crippen LogP contribution in [0.15, 0.2) is 0 Å². The van der Waals surface area contributed by atoms with Crippen LogP contribution in [-0.2, 0) is 4.74 Å². The van der Waals surface area contributed by atoms with Crippen molar-refractivity contribution in [1.29, 1.82) is 0 Å². The van der Waals surface area contributed by atoms with Crippen LogP contribution in [0.2, 0.25) is 0 Å². The normalized spacial score (nSPS) is 13.9. The lowest BCUT2D eigenvalue weighted by molar-refractivity contribution is 0.000341. The first-order valence-corrected chi connectivity index (χ1v) is 5.99. The standard InChI is InChI=1S/C12H27NO/c1-6-9-14-12(11(4)5)10-13(7-2)8-3/h11-12H,6-10H2,1-5H3. The zero-order valence-corrected chi connectivity index (χ0v) is 10.5. The minimum atomic E-state index is 0.398. The van der Waals surface area contributed by atoms with Crippen molar-refractivity contribution in [2.75, 3.05) is 26.2 Å². The van der Waals surface area contributed by atoms with E-state index in [-0.39, 0.29) is 0 Å². The van der Waals surface area contributed by atoms with Crippen LogP contribution in [-0.4, -0.2) is 37.2 Å². The molecule has 1 atom stereocenters. The Morgan fingerprint density at radius 1 is 1.07 bits per heavy atom. The average molecular weight is 201 g/mol. The zero-order valence-electron chi connectivity index (χ0n) is 10.5.